The molecule has 0 spiro atoms. The number of aliphatic carboxylic acids is 1. The molecule has 2 heterocycles. The zero-order chi connectivity index (χ0) is 19.4. The highest BCUT2D eigenvalue weighted by atomic mass is 16.5. The van der Waals surface area contributed by atoms with Gasteiger partial charge < -0.3 is 25.4 Å². The third-order valence-corrected chi connectivity index (χ3v) is 3.79. The molecule has 2 aromatic heterocycles. The van der Waals surface area contributed by atoms with Crippen LogP contribution < -0.4 is 10.5 Å². The van der Waals surface area contributed by atoms with Gasteiger partial charge in [-0.25, -0.2) is 0 Å². The van der Waals surface area contributed by atoms with Crippen molar-refractivity contribution in [3.63, 3.8) is 0 Å². The SMILES string of the molecule is COCCOc1nc(N)c2nc(O)n(Cc3cccc(CC(=O)O)c3)c2n1. The van der Waals surface area contributed by atoms with Crippen molar-refractivity contribution in [3.8, 4) is 12.0 Å². The molecular formula is C17H19N5O5. The first-order valence-corrected chi connectivity index (χ1v) is 8.12. The average Bonchev–Trinajstić information content (AvgIpc) is 2.92. The minimum absolute atomic E-state index is 0.0535. The molecule has 0 bridgehead atoms. The van der Waals surface area contributed by atoms with Crippen LogP contribution >= 0.6 is 0 Å². The number of hydrogen-bond acceptors (Lipinski definition) is 8. The van der Waals surface area contributed by atoms with Crippen LogP contribution in [0.3, 0.4) is 0 Å². The van der Waals surface area contributed by atoms with Crippen LogP contribution in [0.4, 0.5) is 5.82 Å². The Balaban J connectivity index is 1.94. The van der Waals surface area contributed by atoms with Gasteiger partial charge in [0.15, 0.2) is 17.0 Å². The second-order valence-corrected chi connectivity index (χ2v) is 5.79. The molecule has 0 radical (unpaired) electrons. The van der Waals surface area contributed by atoms with E-state index < -0.39 is 5.97 Å². The van der Waals surface area contributed by atoms with E-state index in [1.54, 1.807) is 25.3 Å². The lowest BCUT2D eigenvalue weighted by Gasteiger charge is -2.08. The van der Waals surface area contributed by atoms with Crippen molar-refractivity contribution in [3.05, 3.63) is 35.4 Å². The molecule has 0 fully saturated rings. The van der Waals surface area contributed by atoms with E-state index in [1.165, 1.54) is 4.57 Å². The maximum absolute atomic E-state index is 10.9. The van der Waals surface area contributed by atoms with E-state index in [1.807, 2.05) is 6.07 Å². The maximum Gasteiger partial charge on any atom is 0.320 e. The van der Waals surface area contributed by atoms with Crippen LogP contribution in [0.25, 0.3) is 11.2 Å². The molecule has 0 aliphatic rings. The quantitative estimate of drug-likeness (QED) is 0.488. The molecule has 1 aromatic carbocycles. The number of methoxy groups -OCH3 is 1. The predicted octanol–water partition coefficient (Wildman–Crippen LogP) is 0.815. The number of carbonyl (C=O) groups is 1. The highest BCUT2D eigenvalue weighted by Crippen LogP contribution is 2.25. The lowest BCUT2D eigenvalue weighted by molar-refractivity contribution is -0.136. The smallest absolute Gasteiger partial charge is 0.320 e. The van der Waals surface area contributed by atoms with Gasteiger partial charge in [0, 0.05) is 7.11 Å². The third kappa shape index (κ3) is 4.23. The summed E-state index contributed by atoms with van der Waals surface area (Å²) >= 11 is 0. The molecule has 0 saturated heterocycles. The lowest BCUT2D eigenvalue weighted by Crippen LogP contribution is -2.09. The van der Waals surface area contributed by atoms with E-state index in [0.29, 0.717) is 17.8 Å². The van der Waals surface area contributed by atoms with E-state index in [9.17, 15) is 9.90 Å². The van der Waals surface area contributed by atoms with Crippen LogP contribution in [-0.2, 0) is 22.5 Å². The van der Waals surface area contributed by atoms with Crippen molar-refractivity contribution >= 4 is 23.0 Å². The summed E-state index contributed by atoms with van der Waals surface area (Å²) < 4.78 is 11.8. The van der Waals surface area contributed by atoms with Crippen molar-refractivity contribution < 1.29 is 24.5 Å². The lowest BCUT2D eigenvalue weighted by atomic mass is 10.1. The van der Waals surface area contributed by atoms with Crippen molar-refractivity contribution in [1.29, 1.82) is 0 Å². The third-order valence-electron chi connectivity index (χ3n) is 3.79. The number of nitrogens with two attached hydrogens (primary N) is 1. The molecule has 27 heavy (non-hydrogen) atoms. The molecule has 0 saturated carbocycles. The number of hydrogen-bond donors (Lipinski definition) is 3. The number of rotatable bonds is 8. The van der Waals surface area contributed by atoms with E-state index >= 15 is 0 Å². The first kappa shape index (κ1) is 18.4. The minimum atomic E-state index is -0.915. The van der Waals surface area contributed by atoms with Crippen LogP contribution in [0.2, 0.25) is 0 Å². The maximum atomic E-state index is 10.9. The highest BCUT2D eigenvalue weighted by Gasteiger charge is 2.17. The van der Waals surface area contributed by atoms with Gasteiger partial charge in [-0.15, -0.1) is 0 Å². The topological polar surface area (TPSA) is 146 Å². The number of aromatic hydroxyl groups is 1. The zero-order valence-corrected chi connectivity index (χ0v) is 14.6. The molecule has 3 rings (SSSR count). The number of benzene rings is 1. The minimum Gasteiger partial charge on any atom is -0.481 e. The van der Waals surface area contributed by atoms with Gasteiger partial charge in [-0.2, -0.15) is 15.0 Å². The van der Waals surface area contributed by atoms with Gasteiger partial charge in [0.1, 0.15) is 6.61 Å². The van der Waals surface area contributed by atoms with Crippen LogP contribution in [0.15, 0.2) is 24.3 Å². The number of nitrogens with zero attached hydrogens (tertiary/aromatic N) is 4. The van der Waals surface area contributed by atoms with Crippen LogP contribution in [0.5, 0.6) is 12.0 Å². The second-order valence-electron chi connectivity index (χ2n) is 5.79. The van der Waals surface area contributed by atoms with Gasteiger partial charge in [-0.05, 0) is 11.1 Å². The molecule has 3 aromatic rings. The first-order chi connectivity index (χ1) is 13.0. The molecule has 0 aliphatic heterocycles. The predicted molar refractivity (Wildman–Crippen MR) is 95.7 cm³/mol. The second kappa shape index (κ2) is 7.87. The Kier molecular flexibility index (Phi) is 5.36. The number of nitrogen functional groups attached to an aromatic ring is 1. The summed E-state index contributed by atoms with van der Waals surface area (Å²) in [7, 11) is 1.55. The van der Waals surface area contributed by atoms with Gasteiger partial charge in [0.2, 0.25) is 0 Å². The van der Waals surface area contributed by atoms with Crippen molar-refractivity contribution in [2.24, 2.45) is 0 Å². The van der Waals surface area contributed by atoms with Crippen LogP contribution in [-0.4, -0.2) is 56.0 Å². The number of carboxylic acids is 1. The number of aromatic nitrogens is 4. The fourth-order valence-electron chi connectivity index (χ4n) is 2.61. The first-order valence-electron chi connectivity index (χ1n) is 8.12. The Hall–Kier alpha value is -3.40. The summed E-state index contributed by atoms with van der Waals surface area (Å²) in [5.41, 5.74) is 7.91. The molecule has 0 unspecified atom stereocenters. The monoisotopic (exact) mass is 373 g/mol. The summed E-state index contributed by atoms with van der Waals surface area (Å²) in [6.45, 7) is 0.838. The number of ether oxygens (including phenoxy) is 2. The van der Waals surface area contributed by atoms with Crippen molar-refractivity contribution in [2.75, 3.05) is 26.1 Å². The Morgan fingerprint density at radius 1 is 1.22 bits per heavy atom. The molecule has 142 valence electrons. The summed E-state index contributed by atoms with van der Waals surface area (Å²) in [5.74, 6) is -0.831. The molecule has 10 heteroatoms. The van der Waals surface area contributed by atoms with Crippen LogP contribution in [0, 0.1) is 0 Å². The summed E-state index contributed by atoms with van der Waals surface area (Å²) in [4.78, 5) is 23.2. The van der Waals surface area contributed by atoms with E-state index in [4.69, 9.17) is 20.3 Å². The summed E-state index contributed by atoms with van der Waals surface area (Å²) in [6.07, 6.45) is -0.0862. The molecule has 4 N–H and O–H groups in total. The van der Waals surface area contributed by atoms with Gasteiger partial charge in [-0.3, -0.25) is 9.36 Å². The Labute approximate surface area is 154 Å². The molecule has 10 nitrogen and oxygen atoms in total. The number of carboxylic acid groups (broad SMARTS) is 1. The largest absolute Gasteiger partial charge is 0.481 e. The molecule has 0 amide bonds. The highest BCUT2D eigenvalue weighted by molar-refractivity contribution is 5.83. The van der Waals surface area contributed by atoms with E-state index in [2.05, 4.69) is 15.0 Å². The van der Waals surface area contributed by atoms with Gasteiger partial charge >= 0.3 is 12.0 Å². The Morgan fingerprint density at radius 3 is 2.74 bits per heavy atom. The fraction of sp³-hybridized carbons (Fsp3) is 0.294. The summed E-state index contributed by atoms with van der Waals surface area (Å²) in [6, 6.07) is 6.83. The van der Waals surface area contributed by atoms with Crippen LogP contribution in [0.1, 0.15) is 11.1 Å². The van der Waals surface area contributed by atoms with Crippen molar-refractivity contribution in [2.45, 2.75) is 13.0 Å². The van der Waals surface area contributed by atoms with E-state index in [0.717, 1.165) is 5.56 Å². The molecular weight excluding hydrogens is 354 g/mol. The number of imidazole rings is 1. The summed E-state index contributed by atoms with van der Waals surface area (Å²) in [5, 5.41) is 19.2. The van der Waals surface area contributed by atoms with Crippen molar-refractivity contribution in [1.82, 2.24) is 19.5 Å². The van der Waals surface area contributed by atoms with Gasteiger partial charge in [0.05, 0.1) is 19.6 Å². The number of anilines is 1. The van der Waals surface area contributed by atoms with Gasteiger partial charge in [-0.1, -0.05) is 24.3 Å². The Bertz CT molecular complexity index is 972. The van der Waals surface area contributed by atoms with Gasteiger partial charge in [0.25, 0.3) is 6.01 Å². The number of fused-ring (bicyclic) bond motifs is 1. The zero-order valence-electron chi connectivity index (χ0n) is 14.6. The van der Waals surface area contributed by atoms with E-state index in [-0.39, 0.29) is 42.9 Å². The Morgan fingerprint density at radius 2 is 2.00 bits per heavy atom. The molecule has 0 atom stereocenters. The average molecular weight is 373 g/mol. The molecule has 0 aliphatic carbocycles. The standard InChI is InChI=1S/C17H19N5O5/c1-26-5-6-27-16-20-14(18)13-15(21-16)22(17(25)19-13)9-11-4-2-3-10(7-11)8-12(23)24/h2-4,7H,5-6,8-9H2,1H3,(H,19,25)(H,23,24)(H2,18,20,21). The normalized spacial score (nSPS) is 11.0. The fourth-order valence-corrected chi connectivity index (χ4v) is 2.61.